The number of hydrogen-bond donors (Lipinski definition) is 2. The molecule has 3 saturated carbocycles. The van der Waals surface area contributed by atoms with Gasteiger partial charge in [-0.3, -0.25) is 9.59 Å². The van der Waals surface area contributed by atoms with Crippen LogP contribution < -0.4 is 0 Å². The van der Waals surface area contributed by atoms with Gasteiger partial charge in [0, 0.05) is 23.4 Å². The van der Waals surface area contributed by atoms with Crippen LogP contribution in [0, 0.1) is 28.6 Å². The van der Waals surface area contributed by atoms with Crippen LogP contribution in [-0.4, -0.2) is 58.5 Å². The summed E-state index contributed by atoms with van der Waals surface area (Å²) >= 11 is 0. The fourth-order valence-electron chi connectivity index (χ4n) is 8.21. The predicted molar refractivity (Wildman–Crippen MR) is 123 cm³/mol. The topological polar surface area (TPSA) is 83.8 Å². The van der Waals surface area contributed by atoms with E-state index < -0.39 is 58.6 Å². The Hall–Kier alpha value is -1.44. The molecule has 0 heterocycles. The van der Waals surface area contributed by atoms with E-state index in [0.29, 0.717) is 13.0 Å². The summed E-state index contributed by atoms with van der Waals surface area (Å²) in [5.74, 6) is -2.46. The number of alkyl halides is 2. The van der Waals surface area contributed by atoms with Crippen molar-refractivity contribution in [2.75, 3.05) is 13.2 Å². The third-order valence-electron chi connectivity index (χ3n) is 9.80. The molecule has 0 aromatic carbocycles. The van der Waals surface area contributed by atoms with Crippen molar-refractivity contribution in [2.24, 2.45) is 28.6 Å². The number of aliphatic hydroxyl groups excluding tert-OH is 2. The monoisotopic (exact) mass is 480 g/mol. The van der Waals surface area contributed by atoms with Gasteiger partial charge in [-0.2, -0.15) is 0 Å². The minimum absolute atomic E-state index is 0.0455. The lowest BCUT2D eigenvalue weighted by molar-refractivity contribution is -0.232. The molecule has 34 heavy (non-hydrogen) atoms. The Bertz CT molecular complexity index is 917. The maximum absolute atomic E-state index is 17.3. The summed E-state index contributed by atoms with van der Waals surface area (Å²) in [5, 5.41) is 21.4. The van der Waals surface area contributed by atoms with Gasteiger partial charge in [-0.25, -0.2) is 8.78 Å². The molecule has 0 aliphatic heterocycles. The number of fused-ring (bicyclic) bond motifs is 5. The first-order valence-corrected chi connectivity index (χ1v) is 12.7. The highest BCUT2D eigenvalue weighted by Crippen LogP contribution is 2.71. The van der Waals surface area contributed by atoms with E-state index in [0.717, 1.165) is 19.3 Å². The smallest absolute Gasteiger partial charge is 0.190 e. The summed E-state index contributed by atoms with van der Waals surface area (Å²) in [6.07, 6.45) is 3.72. The average Bonchev–Trinajstić information content (AvgIpc) is 3.01. The van der Waals surface area contributed by atoms with Gasteiger partial charge in [0.2, 0.25) is 0 Å². The molecule has 3 fully saturated rings. The van der Waals surface area contributed by atoms with Crippen LogP contribution in [0.3, 0.4) is 0 Å². The van der Waals surface area contributed by atoms with Crippen LogP contribution >= 0.6 is 0 Å². The number of rotatable bonds is 7. The van der Waals surface area contributed by atoms with E-state index in [9.17, 15) is 19.8 Å². The van der Waals surface area contributed by atoms with Crippen LogP contribution in [0.25, 0.3) is 0 Å². The normalized spacial score (nSPS) is 47.6. The molecule has 0 saturated heterocycles. The fraction of sp³-hybridized carbons (Fsp3) is 0.778. The van der Waals surface area contributed by atoms with E-state index in [1.807, 2.05) is 13.8 Å². The summed E-state index contributed by atoms with van der Waals surface area (Å²) in [6, 6.07) is 0. The summed E-state index contributed by atoms with van der Waals surface area (Å²) in [4.78, 5) is 25.3. The van der Waals surface area contributed by atoms with Gasteiger partial charge in [-0.05, 0) is 62.2 Å². The SMILES string of the molecule is CCCCCO[C@]1(C(=O)CO)C(C)C[C@H]2[C@@H]3CC(F)C4=CC(=O)C=C[C@]4(C)[C@@]3(F)C(O)C[C@@]21C. The molecule has 4 aliphatic rings. The summed E-state index contributed by atoms with van der Waals surface area (Å²) in [5.41, 5.74) is -5.90. The molecule has 4 rings (SSSR count). The molecule has 0 radical (unpaired) electrons. The van der Waals surface area contributed by atoms with Crippen molar-refractivity contribution in [1.29, 1.82) is 0 Å². The Morgan fingerprint density at radius 2 is 1.94 bits per heavy atom. The van der Waals surface area contributed by atoms with E-state index in [2.05, 4.69) is 6.92 Å². The first-order chi connectivity index (χ1) is 15.9. The fourth-order valence-corrected chi connectivity index (χ4v) is 8.21. The van der Waals surface area contributed by atoms with Crippen LogP contribution in [0.5, 0.6) is 0 Å². The van der Waals surface area contributed by atoms with Gasteiger partial charge >= 0.3 is 0 Å². The Morgan fingerprint density at radius 1 is 1.24 bits per heavy atom. The Balaban J connectivity index is 1.80. The second-order valence-electron chi connectivity index (χ2n) is 11.4. The zero-order chi connectivity index (χ0) is 25.1. The standard InChI is InChI=1S/C27H38F2O5/c1-5-6-7-10-34-27(23(33)15-30)16(2)11-18-19-13-21(28)20-12-17(31)8-9-24(20,3)26(19,29)22(32)14-25(18,27)4/h8-9,12,16,18-19,21-22,30,32H,5-7,10-11,13-15H2,1-4H3/t16?,18-,19-,21?,22?,24-,25-,26-,27-/m0/s1. The van der Waals surface area contributed by atoms with Crippen molar-refractivity contribution in [2.45, 2.75) is 89.8 Å². The maximum Gasteiger partial charge on any atom is 0.190 e. The highest BCUT2D eigenvalue weighted by Gasteiger charge is 2.77. The third kappa shape index (κ3) is 3.12. The van der Waals surface area contributed by atoms with Crippen molar-refractivity contribution in [3.63, 3.8) is 0 Å². The van der Waals surface area contributed by atoms with Crippen molar-refractivity contribution in [3.8, 4) is 0 Å². The molecule has 5 nitrogen and oxygen atoms in total. The van der Waals surface area contributed by atoms with E-state index in [1.165, 1.54) is 18.2 Å². The molecule has 190 valence electrons. The minimum atomic E-state index is -2.19. The summed E-state index contributed by atoms with van der Waals surface area (Å²) in [7, 11) is 0. The summed E-state index contributed by atoms with van der Waals surface area (Å²) < 4.78 is 39.2. The van der Waals surface area contributed by atoms with Crippen LogP contribution in [0.1, 0.15) is 66.2 Å². The number of ketones is 2. The lowest BCUT2D eigenvalue weighted by Crippen LogP contribution is -2.71. The second kappa shape index (κ2) is 8.59. The van der Waals surface area contributed by atoms with Crippen molar-refractivity contribution in [3.05, 3.63) is 23.8 Å². The van der Waals surface area contributed by atoms with Crippen LogP contribution in [-0.2, 0) is 14.3 Å². The molecule has 7 heteroatoms. The van der Waals surface area contributed by atoms with E-state index in [4.69, 9.17) is 4.74 Å². The van der Waals surface area contributed by atoms with Crippen molar-refractivity contribution >= 4 is 11.6 Å². The predicted octanol–water partition coefficient (Wildman–Crippen LogP) is 4.06. The van der Waals surface area contributed by atoms with Gasteiger partial charge in [-0.15, -0.1) is 0 Å². The lowest BCUT2D eigenvalue weighted by Gasteiger charge is -2.63. The maximum atomic E-state index is 17.3. The Labute approximate surface area is 200 Å². The number of unbranched alkanes of at least 4 members (excludes halogenated alkanes) is 2. The van der Waals surface area contributed by atoms with Gasteiger partial charge in [0.15, 0.2) is 17.2 Å². The van der Waals surface area contributed by atoms with Crippen molar-refractivity contribution in [1.82, 2.24) is 0 Å². The molecule has 4 aliphatic carbocycles. The van der Waals surface area contributed by atoms with E-state index in [1.54, 1.807) is 6.92 Å². The number of aliphatic hydroxyl groups is 2. The first-order valence-electron chi connectivity index (χ1n) is 12.7. The molecule has 0 spiro atoms. The van der Waals surface area contributed by atoms with Crippen LogP contribution in [0.4, 0.5) is 8.78 Å². The van der Waals surface area contributed by atoms with Gasteiger partial charge in [0.1, 0.15) is 18.4 Å². The number of allylic oxidation sites excluding steroid dienone is 4. The Morgan fingerprint density at radius 3 is 2.59 bits per heavy atom. The molecular weight excluding hydrogens is 442 g/mol. The first kappa shape index (κ1) is 25.6. The third-order valence-corrected chi connectivity index (χ3v) is 9.80. The van der Waals surface area contributed by atoms with Gasteiger partial charge in [0.25, 0.3) is 0 Å². The van der Waals surface area contributed by atoms with E-state index >= 15 is 8.78 Å². The second-order valence-corrected chi connectivity index (χ2v) is 11.4. The number of ether oxygens (including phenoxy) is 1. The van der Waals surface area contributed by atoms with Crippen LogP contribution in [0.2, 0.25) is 0 Å². The molecule has 2 N–H and O–H groups in total. The molecule has 0 bridgehead atoms. The lowest BCUT2D eigenvalue weighted by atomic mass is 9.44. The number of carbonyl (C=O) groups is 2. The number of carbonyl (C=O) groups excluding carboxylic acids is 2. The molecule has 0 amide bonds. The quantitative estimate of drug-likeness (QED) is 0.537. The largest absolute Gasteiger partial charge is 0.390 e. The minimum Gasteiger partial charge on any atom is -0.390 e. The number of Topliss-reactive ketones (excluding diaryl/α,β-unsaturated/α-hetero) is 1. The molecule has 0 aromatic rings. The molecular formula is C27H38F2O5. The summed E-state index contributed by atoms with van der Waals surface area (Å²) in [6.45, 7) is 6.98. The van der Waals surface area contributed by atoms with Gasteiger partial charge < -0.3 is 14.9 Å². The molecule has 9 atom stereocenters. The van der Waals surface area contributed by atoms with E-state index in [-0.39, 0.29) is 30.1 Å². The van der Waals surface area contributed by atoms with Gasteiger partial charge in [-0.1, -0.05) is 39.7 Å². The highest BCUT2D eigenvalue weighted by molar-refractivity contribution is 6.01. The zero-order valence-corrected chi connectivity index (χ0v) is 20.7. The zero-order valence-electron chi connectivity index (χ0n) is 20.7. The molecule has 3 unspecified atom stereocenters. The van der Waals surface area contributed by atoms with Crippen LogP contribution in [0.15, 0.2) is 23.8 Å². The Kier molecular flexibility index (Phi) is 6.48. The number of hydrogen-bond acceptors (Lipinski definition) is 5. The number of halogens is 2. The highest BCUT2D eigenvalue weighted by atomic mass is 19.1. The molecule has 0 aromatic heterocycles. The van der Waals surface area contributed by atoms with Gasteiger partial charge in [0.05, 0.1) is 6.10 Å². The average molecular weight is 481 g/mol. The van der Waals surface area contributed by atoms with Crippen molar-refractivity contribution < 1.29 is 33.3 Å².